The molecule has 3 nitrogen and oxygen atoms in total. The number of ether oxygens (including phenoxy) is 1. The number of hydrogen-bond acceptors (Lipinski definition) is 3. The van der Waals surface area contributed by atoms with E-state index in [1.165, 1.54) is 0 Å². The molecule has 1 aromatic rings. The third kappa shape index (κ3) is 1.50. The monoisotopic (exact) mass is 228 g/mol. The lowest BCUT2D eigenvalue weighted by atomic mass is 9.90. The normalized spacial score (nSPS) is 21.2. The Labute approximate surface area is 99.1 Å². The van der Waals surface area contributed by atoms with Crippen molar-refractivity contribution in [2.24, 2.45) is 0 Å². The Morgan fingerprint density at radius 2 is 2.18 bits per heavy atom. The molecular weight excluding hydrogens is 216 g/mol. The molecule has 1 heterocycles. The Hall–Kier alpha value is -1.90. The number of Topliss-reactive ketones (excluding diaryl/α,β-unsaturated/α-hetero) is 1. The van der Waals surface area contributed by atoms with Crippen LogP contribution < -0.4 is 0 Å². The van der Waals surface area contributed by atoms with Gasteiger partial charge >= 0.3 is 5.97 Å². The summed E-state index contributed by atoms with van der Waals surface area (Å²) >= 11 is 0. The Morgan fingerprint density at radius 3 is 2.94 bits per heavy atom. The lowest BCUT2D eigenvalue weighted by Crippen LogP contribution is -2.07. The molecule has 0 fully saturated rings. The highest BCUT2D eigenvalue weighted by Crippen LogP contribution is 2.48. The zero-order chi connectivity index (χ0) is 12.0. The first kappa shape index (κ1) is 10.3. The van der Waals surface area contributed by atoms with Crippen molar-refractivity contribution in [2.75, 3.05) is 0 Å². The molecule has 1 aliphatic carbocycles. The fourth-order valence-electron chi connectivity index (χ4n) is 2.68. The average molecular weight is 228 g/mol. The van der Waals surface area contributed by atoms with Crippen molar-refractivity contribution < 1.29 is 14.3 Å². The standard InChI is InChI=1S/C14H12O3/c1-8(15)6-11-9-4-2-3-5-10(9)14-12(11)7-13(16)17-14/h2-5,11H,6-7H2,1H3. The number of ketones is 1. The van der Waals surface area contributed by atoms with Gasteiger partial charge in [-0.3, -0.25) is 9.59 Å². The summed E-state index contributed by atoms with van der Waals surface area (Å²) in [7, 11) is 0. The van der Waals surface area contributed by atoms with Crippen LogP contribution in [0, 0.1) is 0 Å². The first-order valence-electron chi connectivity index (χ1n) is 5.69. The van der Waals surface area contributed by atoms with E-state index in [9.17, 15) is 9.59 Å². The molecule has 0 radical (unpaired) electrons. The molecule has 0 spiro atoms. The van der Waals surface area contributed by atoms with E-state index in [2.05, 4.69) is 0 Å². The van der Waals surface area contributed by atoms with Crippen molar-refractivity contribution in [1.82, 2.24) is 0 Å². The Balaban J connectivity index is 2.09. The molecule has 1 aromatic carbocycles. The van der Waals surface area contributed by atoms with Crippen LogP contribution in [0.3, 0.4) is 0 Å². The third-order valence-corrected chi connectivity index (χ3v) is 3.34. The molecule has 86 valence electrons. The predicted molar refractivity (Wildman–Crippen MR) is 62.1 cm³/mol. The molecule has 2 aliphatic rings. The maximum Gasteiger partial charge on any atom is 0.315 e. The van der Waals surface area contributed by atoms with E-state index >= 15 is 0 Å². The van der Waals surface area contributed by atoms with Gasteiger partial charge in [-0.2, -0.15) is 0 Å². The molecule has 3 heteroatoms. The van der Waals surface area contributed by atoms with Crippen LogP contribution in [-0.2, 0) is 14.3 Å². The number of hydrogen-bond donors (Lipinski definition) is 0. The first-order valence-corrected chi connectivity index (χ1v) is 5.69. The van der Waals surface area contributed by atoms with Crippen LogP contribution in [0.15, 0.2) is 29.8 Å². The second kappa shape index (κ2) is 3.55. The van der Waals surface area contributed by atoms with Crippen molar-refractivity contribution in [3.05, 3.63) is 41.0 Å². The minimum Gasteiger partial charge on any atom is -0.426 e. The van der Waals surface area contributed by atoms with Gasteiger partial charge in [-0.25, -0.2) is 0 Å². The molecule has 0 saturated carbocycles. The van der Waals surface area contributed by atoms with E-state index < -0.39 is 0 Å². The van der Waals surface area contributed by atoms with Crippen molar-refractivity contribution >= 4 is 17.5 Å². The van der Waals surface area contributed by atoms with E-state index in [1.54, 1.807) is 6.92 Å². The number of rotatable bonds is 2. The van der Waals surface area contributed by atoms with Crippen LogP contribution in [0.1, 0.15) is 36.8 Å². The Morgan fingerprint density at radius 1 is 1.41 bits per heavy atom. The molecule has 1 atom stereocenters. The smallest absolute Gasteiger partial charge is 0.315 e. The fourth-order valence-corrected chi connectivity index (χ4v) is 2.68. The summed E-state index contributed by atoms with van der Waals surface area (Å²) in [4.78, 5) is 22.7. The van der Waals surface area contributed by atoms with Gasteiger partial charge in [0, 0.05) is 17.9 Å². The zero-order valence-electron chi connectivity index (χ0n) is 9.53. The highest BCUT2D eigenvalue weighted by Gasteiger charge is 2.39. The summed E-state index contributed by atoms with van der Waals surface area (Å²) in [5, 5.41) is 0. The number of esters is 1. The lowest BCUT2D eigenvalue weighted by molar-refractivity contribution is -0.134. The van der Waals surface area contributed by atoms with Crippen LogP contribution in [0.25, 0.3) is 5.76 Å². The van der Waals surface area contributed by atoms with Gasteiger partial charge in [0.2, 0.25) is 0 Å². The molecule has 0 amide bonds. The predicted octanol–water partition coefficient (Wildman–Crippen LogP) is 2.42. The van der Waals surface area contributed by atoms with E-state index in [0.717, 1.165) is 16.7 Å². The van der Waals surface area contributed by atoms with Gasteiger partial charge in [-0.15, -0.1) is 0 Å². The van der Waals surface area contributed by atoms with Gasteiger partial charge in [0.05, 0.1) is 6.42 Å². The van der Waals surface area contributed by atoms with E-state index in [4.69, 9.17) is 4.74 Å². The van der Waals surface area contributed by atoms with Gasteiger partial charge in [0.15, 0.2) is 0 Å². The minimum absolute atomic E-state index is 0.0325. The third-order valence-electron chi connectivity index (χ3n) is 3.34. The molecule has 1 unspecified atom stereocenters. The zero-order valence-corrected chi connectivity index (χ0v) is 9.53. The number of benzene rings is 1. The van der Waals surface area contributed by atoms with E-state index in [0.29, 0.717) is 18.6 Å². The molecule has 1 aliphatic heterocycles. The van der Waals surface area contributed by atoms with Crippen LogP contribution in [0.5, 0.6) is 0 Å². The summed E-state index contributed by atoms with van der Waals surface area (Å²) in [5.74, 6) is 0.651. The van der Waals surface area contributed by atoms with Crippen LogP contribution in [0.2, 0.25) is 0 Å². The van der Waals surface area contributed by atoms with Gasteiger partial charge in [-0.05, 0) is 18.1 Å². The fraction of sp³-hybridized carbons (Fsp3) is 0.286. The molecule has 17 heavy (non-hydrogen) atoms. The minimum atomic E-state index is -0.210. The lowest BCUT2D eigenvalue weighted by Gasteiger charge is -2.12. The number of carbonyl (C=O) groups excluding carboxylic acids is 2. The largest absolute Gasteiger partial charge is 0.426 e. The summed E-state index contributed by atoms with van der Waals surface area (Å²) in [6, 6.07) is 7.83. The SMILES string of the molecule is CC(=O)CC1C2=C(OC(=O)C2)c2ccccc21. The summed E-state index contributed by atoms with van der Waals surface area (Å²) < 4.78 is 5.25. The summed E-state index contributed by atoms with van der Waals surface area (Å²) in [6.45, 7) is 1.58. The molecular formula is C14H12O3. The van der Waals surface area contributed by atoms with Gasteiger partial charge < -0.3 is 4.74 Å². The highest BCUT2D eigenvalue weighted by molar-refractivity contribution is 5.93. The van der Waals surface area contributed by atoms with E-state index in [1.807, 2.05) is 24.3 Å². The molecule has 3 rings (SSSR count). The number of fused-ring (bicyclic) bond motifs is 2. The van der Waals surface area contributed by atoms with Crippen molar-refractivity contribution in [1.29, 1.82) is 0 Å². The molecule has 0 bridgehead atoms. The van der Waals surface area contributed by atoms with E-state index in [-0.39, 0.29) is 17.7 Å². The first-order chi connectivity index (χ1) is 8.16. The second-order valence-electron chi connectivity index (χ2n) is 4.55. The molecule has 0 saturated heterocycles. The summed E-state index contributed by atoms with van der Waals surface area (Å²) in [6.07, 6.45) is 0.772. The summed E-state index contributed by atoms with van der Waals surface area (Å²) in [5.41, 5.74) is 3.06. The van der Waals surface area contributed by atoms with Crippen LogP contribution >= 0.6 is 0 Å². The Kier molecular flexibility index (Phi) is 2.15. The number of carbonyl (C=O) groups is 2. The van der Waals surface area contributed by atoms with Gasteiger partial charge in [-0.1, -0.05) is 24.3 Å². The Bertz CT molecular complexity index is 554. The maximum atomic E-state index is 11.3. The van der Waals surface area contributed by atoms with Crippen LogP contribution in [0.4, 0.5) is 0 Å². The average Bonchev–Trinajstić information content (AvgIpc) is 2.78. The topological polar surface area (TPSA) is 43.4 Å². The molecule has 0 aromatic heterocycles. The highest BCUT2D eigenvalue weighted by atomic mass is 16.5. The molecule has 0 N–H and O–H groups in total. The quantitative estimate of drug-likeness (QED) is 0.730. The maximum absolute atomic E-state index is 11.3. The van der Waals surface area contributed by atoms with Gasteiger partial charge in [0.25, 0.3) is 0 Å². The van der Waals surface area contributed by atoms with Crippen molar-refractivity contribution in [3.8, 4) is 0 Å². The van der Waals surface area contributed by atoms with Crippen molar-refractivity contribution in [3.63, 3.8) is 0 Å². The second-order valence-corrected chi connectivity index (χ2v) is 4.55. The van der Waals surface area contributed by atoms with Crippen molar-refractivity contribution in [2.45, 2.75) is 25.7 Å². The van der Waals surface area contributed by atoms with Crippen LogP contribution in [-0.4, -0.2) is 11.8 Å². The van der Waals surface area contributed by atoms with Gasteiger partial charge in [0.1, 0.15) is 11.5 Å².